The van der Waals surface area contributed by atoms with Crippen LogP contribution in [0.1, 0.15) is 19.4 Å². The summed E-state index contributed by atoms with van der Waals surface area (Å²) in [5, 5.41) is 5.39. The van der Waals surface area contributed by atoms with Crippen LogP contribution in [0.4, 0.5) is 5.69 Å². The lowest BCUT2D eigenvalue weighted by Crippen LogP contribution is -2.22. The van der Waals surface area contributed by atoms with Gasteiger partial charge >= 0.3 is 0 Å². The SMILES string of the molecule is COc1ccc2cc(CN=C(N)Nc3ccc(OC(C)C)cc3)ccc2c1.I. The third-order valence-electron chi connectivity index (χ3n) is 4.04. The monoisotopic (exact) mass is 491 g/mol. The van der Waals surface area contributed by atoms with Gasteiger partial charge in [0.1, 0.15) is 11.5 Å². The highest BCUT2D eigenvalue weighted by molar-refractivity contribution is 14.0. The molecular formula is C22H26IN3O2. The zero-order valence-corrected chi connectivity index (χ0v) is 18.6. The predicted octanol–water partition coefficient (Wildman–Crippen LogP) is 5.18. The third kappa shape index (κ3) is 6.02. The lowest BCUT2D eigenvalue weighted by Gasteiger charge is -2.11. The van der Waals surface area contributed by atoms with Gasteiger partial charge in [0.05, 0.1) is 19.8 Å². The number of nitrogens with one attached hydrogen (secondary N) is 1. The van der Waals surface area contributed by atoms with Crippen LogP contribution in [0.3, 0.4) is 0 Å². The Bertz CT molecular complexity index is 940. The summed E-state index contributed by atoms with van der Waals surface area (Å²) in [5.74, 6) is 2.06. The van der Waals surface area contributed by atoms with Crippen molar-refractivity contribution in [2.45, 2.75) is 26.5 Å². The average Bonchev–Trinajstić information content (AvgIpc) is 2.67. The summed E-state index contributed by atoms with van der Waals surface area (Å²) < 4.78 is 10.9. The molecule has 0 aliphatic heterocycles. The molecule has 6 heteroatoms. The summed E-state index contributed by atoms with van der Waals surface area (Å²) >= 11 is 0. The van der Waals surface area contributed by atoms with Crippen molar-refractivity contribution in [1.29, 1.82) is 0 Å². The van der Waals surface area contributed by atoms with Crippen molar-refractivity contribution in [3.8, 4) is 11.5 Å². The molecule has 3 rings (SSSR count). The molecule has 28 heavy (non-hydrogen) atoms. The number of anilines is 1. The van der Waals surface area contributed by atoms with Crippen LogP contribution in [0.5, 0.6) is 11.5 Å². The lowest BCUT2D eigenvalue weighted by atomic mass is 10.1. The zero-order valence-electron chi connectivity index (χ0n) is 16.3. The smallest absolute Gasteiger partial charge is 0.193 e. The van der Waals surface area contributed by atoms with Crippen LogP contribution in [0, 0.1) is 0 Å². The fourth-order valence-corrected chi connectivity index (χ4v) is 2.75. The van der Waals surface area contributed by atoms with Gasteiger partial charge in [-0.15, -0.1) is 24.0 Å². The van der Waals surface area contributed by atoms with Crippen molar-refractivity contribution in [1.82, 2.24) is 0 Å². The van der Waals surface area contributed by atoms with Crippen LogP contribution >= 0.6 is 24.0 Å². The molecular weight excluding hydrogens is 465 g/mol. The highest BCUT2D eigenvalue weighted by Gasteiger charge is 2.01. The number of nitrogens with zero attached hydrogens (tertiary/aromatic N) is 1. The second-order valence-corrected chi connectivity index (χ2v) is 6.56. The van der Waals surface area contributed by atoms with E-state index in [1.807, 2.05) is 56.3 Å². The van der Waals surface area contributed by atoms with E-state index in [9.17, 15) is 0 Å². The van der Waals surface area contributed by atoms with Crippen molar-refractivity contribution < 1.29 is 9.47 Å². The minimum absolute atomic E-state index is 0. The summed E-state index contributed by atoms with van der Waals surface area (Å²) in [6, 6.07) is 19.9. The highest BCUT2D eigenvalue weighted by atomic mass is 127. The third-order valence-corrected chi connectivity index (χ3v) is 4.04. The maximum absolute atomic E-state index is 6.01. The topological polar surface area (TPSA) is 68.9 Å². The van der Waals surface area contributed by atoms with Crippen LogP contribution in [0.2, 0.25) is 0 Å². The molecule has 0 aliphatic carbocycles. The van der Waals surface area contributed by atoms with Gasteiger partial charge in [-0.05, 0) is 72.6 Å². The number of aliphatic imine (C=N–C) groups is 1. The fraction of sp³-hybridized carbons (Fsp3) is 0.227. The Hall–Kier alpha value is -2.48. The van der Waals surface area contributed by atoms with Gasteiger partial charge in [0.25, 0.3) is 0 Å². The molecule has 0 radical (unpaired) electrons. The van der Waals surface area contributed by atoms with Crippen molar-refractivity contribution in [2.24, 2.45) is 10.7 Å². The Kier molecular flexibility index (Phi) is 7.92. The van der Waals surface area contributed by atoms with Gasteiger partial charge in [-0.2, -0.15) is 0 Å². The molecule has 3 aromatic carbocycles. The number of hydrogen-bond acceptors (Lipinski definition) is 3. The number of nitrogens with two attached hydrogens (primary N) is 1. The van der Waals surface area contributed by atoms with Gasteiger partial charge in [0.15, 0.2) is 5.96 Å². The minimum Gasteiger partial charge on any atom is -0.497 e. The normalized spacial score (nSPS) is 11.2. The molecule has 0 atom stereocenters. The number of benzene rings is 3. The van der Waals surface area contributed by atoms with Crippen molar-refractivity contribution in [3.63, 3.8) is 0 Å². The van der Waals surface area contributed by atoms with E-state index >= 15 is 0 Å². The van der Waals surface area contributed by atoms with Crippen LogP contribution in [0.15, 0.2) is 65.7 Å². The Balaban J connectivity index is 0.00000280. The highest BCUT2D eigenvalue weighted by Crippen LogP contribution is 2.22. The summed E-state index contributed by atoms with van der Waals surface area (Å²) in [4.78, 5) is 4.43. The fourth-order valence-electron chi connectivity index (χ4n) is 2.75. The molecule has 0 saturated heterocycles. The van der Waals surface area contributed by atoms with E-state index in [0.717, 1.165) is 33.5 Å². The number of fused-ring (bicyclic) bond motifs is 1. The molecule has 5 nitrogen and oxygen atoms in total. The number of ether oxygens (including phenoxy) is 2. The standard InChI is InChI=1S/C22H25N3O2.HI/c1-15(2)27-20-10-7-19(8-11-20)25-22(23)24-14-16-4-5-18-13-21(26-3)9-6-17(18)12-16;/h4-13,15H,14H2,1-3H3,(H3,23,24,25);1H. The first kappa shape index (κ1) is 21.8. The largest absolute Gasteiger partial charge is 0.497 e. The molecule has 0 unspecified atom stereocenters. The first-order valence-electron chi connectivity index (χ1n) is 8.94. The number of methoxy groups -OCH3 is 1. The zero-order chi connectivity index (χ0) is 19.2. The van der Waals surface area contributed by atoms with E-state index in [1.54, 1.807) is 7.11 Å². The Morgan fingerprint density at radius 1 is 0.964 bits per heavy atom. The summed E-state index contributed by atoms with van der Waals surface area (Å²) in [6.07, 6.45) is 0.151. The van der Waals surface area contributed by atoms with Crippen molar-refractivity contribution >= 4 is 46.4 Å². The molecule has 0 bridgehead atoms. The number of rotatable bonds is 6. The lowest BCUT2D eigenvalue weighted by molar-refractivity contribution is 0.242. The van der Waals surface area contributed by atoms with Crippen LogP contribution in [-0.4, -0.2) is 19.2 Å². The van der Waals surface area contributed by atoms with Gasteiger partial charge in [-0.1, -0.05) is 18.2 Å². The van der Waals surface area contributed by atoms with Crippen LogP contribution in [0.25, 0.3) is 10.8 Å². The Morgan fingerprint density at radius 3 is 2.29 bits per heavy atom. The van der Waals surface area contributed by atoms with E-state index in [-0.39, 0.29) is 30.1 Å². The number of hydrogen-bond donors (Lipinski definition) is 2. The van der Waals surface area contributed by atoms with Gasteiger partial charge in [0, 0.05) is 5.69 Å². The van der Waals surface area contributed by atoms with Crippen LogP contribution in [-0.2, 0) is 6.54 Å². The van der Waals surface area contributed by atoms with Crippen LogP contribution < -0.4 is 20.5 Å². The molecule has 0 fully saturated rings. The van der Waals surface area contributed by atoms with E-state index in [2.05, 4.69) is 28.5 Å². The minimum atomic E-state index is 0. The van der Waals surface area contributed by atoms with Gasteiger partial charge in [-0.25, -0.2) is 4.99 Å². The van der Waals surface area contributed by atoms with E-state index < -0.39 is 0 Å². The molecule has 0 saturated carbocycles. The molecule has 3 aromatic rings. The predicted molar refractivity (Wildman–Crippen MR) is 127 cm³/mol. The number of guanidine groups is 1. The summed E-state index contributed by atoms with van der Waals surface area (Å²) in [5.41, 5.74) is 7.98. The quantitative estimate of drug-likeness (QED) is 0.283. The van der Waals surface area contributed by atoms with Crippen molar-refractivity contribution in [3.05, 3.63) is 66.2 Å². The van der Waals surface area contributed by atoms with Gasteiger partial charge in [-0.3, -0.25) is 0 Å². The molecule has 3 N–H and O–H groups in total. The number of halogens is 1. The van der Waals surface area contributed by atoms with Gasteiger partial charge in [0.2, 0.25) is 0 Å². The molecule has 0 aromatic heterocycles. The molecule has 0 aliphatic rings. The second kappa shape index (κ2) is 10.2. The second-order valence-electron chi connectivity index (χ2n) is 6.56. The van der Waals surface area contributed by atoms with E-state index in [4.69, 9.17) is 15.2 Å². The first-order chi connectivity index (χ1) is 13.0. The maximum atomic E-state index is 6.01. The van der Waals surface area contributed by atoms with Gasteiger partial charge < -0.3 is 20.5 Å². The Morgan fingerprint density at radius 2 is 1.61 bits per heavy atom. The summed E-state index contributed by atoms with van der Waals surface area (Å²) in [6.45, 7) is 4.51. The Labute approximate surface area is 183 Å². The average molecular weight is 491 g/mol. The molecule has 0 spiro atoms. The summed E-state index contributed by atoms with van der Waals surface area (Å²) in [7, 11) is 1.67. The van der Waals surface area contributed by atoms with E-state index in [0.29, 0.717) is 12.5 Å². The maximum Gasteiger partial charge on any atom is 0.193 e. The molecule has 0 heterocycles. The molecule has 0 amide bonds. The molecule has 148 valence electrons. The van der Waals surface area contributed by atoms with Crippen molar-refractivity contribution in [2.75, 3.05) is 12.4 Å². The first-order valence-corrected chi connectivity index (χ1v) is 8.94. The van der Waals surface area contributed by atoms with E-state index in [1.165, 1.54) is 0 Å².